The van der Waals surface area contributed by atoms with E-state index in [4.69, 9.17) is 0 Å². The third-order valence-corrected chi connectivity index (χ3v) is 4.13. The largest absolute Gasteiger partial charge is 0.508 e. The second-order valence-corrected chi connectivity index (χ2v) is 5.48. The number of likely N-dealkylation sites (N-methyl/N-ethyl adjacent to an activating group) is 1. The number of phenols is 2. The van der Waals surface area contributed by atoms with Gasteiger partial charge in [-0.2, -0.15) is 0 Å². The zero-order valence-corrected chi connectivity index (χ0v) is 12.0. The molecule has 0 atom stereocenters. The minimum Gasteiger partial charge on any atom is -0.508 e. The predicted octanol–water partition coefficient (Wildman–Crippen LogP) is 2.94. The highest BCUT2D eigenvalue weighted by atomic mass is 16.3. The van der Waals surface area contributed by atoms with Gasteiger partial charge in [0.25, 0.3) is 0 Å². The fourth-order valence-electron chi connectivity index (χ4n) is 2.97. The van der Waals surface area contributed by atoms with Crippen LogP contribution in [0.5, 0.6) is 11.5 Å². The molecule has 2 rings (SSSR count). The summed E-state index contributed by atoms with van der Waals surface area (Å²) in [7, 11) is 0. The van der Waals surface area contributed by atoms with E-state index in [0.717, 1.165) is 19.4 Å². The van der Waals surface area contributed by atoms with E-state index < -0.39 is 0 Å². The lowest BCUT2D eigenvalue weighted by Crippen LogP contribution is -2.40. The molecule has 0 saturated heterocycles. The number of ketones is 1. The molecule has 0 amide bonds. The van der Waals surface area contributed by atoms with Gasteiger partial charge in [0.05, 0.1) is 12.1 Å². The minimum absolute atomic E-state index is 0.0290. The van der Waals surface area contributed by atoms with E-state index in [2.05, 4.69) is 11.8 Å². The molecule has 110 valence electrons. The van der Waals surface area contributed by atoms with Crippen molar-refractivity contribution in [3.05, 3.63) is 23.8 Å². The van der Waals surface area contributed by atoms with Crippen molar-refractivity contribution in [1.82, 2.24) is 4.90 Å². The molecule has 4 heteroatoms. The Morgan fingerprint density at radius 3 is 2.55 bits per heavy atom. The summed E-state index contributed by atoms with van der Waals surface area (Å²) < 4.78 is 0. The second kappa shape index (κ2) is 6.75. The molecule has 2 N–H and O–H groups in total. The van der Waals surface area contributed by atoms with Crippen LogP contribution < -0.4 is 0 Å². The molecule has 0 bridgehead atoms. The first kappa shape index (κ1) is 14.9. The number of aromatic hydroxyl groups is 2. The Morgan fingerprint density at radius 2 is 1.95 bits per heavy atom. The maximum absolute atomic E-state index is 12.3. The van der Waals surface area contributed by atoms with Gasteiger partial charge < -0.3 is 10.2 Å². The Morgan fingerprint density at radius 1 is 1.25 bits per heavy atom. The molecule has 1 saturated carbocycles. The first-order valence-electron chi connectivity index (χ1n) is 7.41. The lowest BCUT2D eigenvalue weighted by molar-refractivity contribution is 0.0866. The predicted molar refractivity (Wildman–Crippen MR) is 78.2 cm³/mol. The number of hydrogen-bond acceptors (Lipinski definition) is 4. The summed E-state index contributed by atoms with van der Waals surface area (Å²) >= 11 is 0. The van der Waals surface area contributed by atoms with Crippen molar-refractivity contribution in [2.75, 3.05) is 13.1 Å². The van der Waals surface area contributed by atoms with Crippen molar-refractivity contribution < 1.29 is 15.0 Å². The molecule has 1 fully saturated rings. The molecule has 0 unspecified atom stereocenters. The van der Waals surface area contributed by atoms with Gasteiger partial charge in [-0.1, -0.05) is 26.2 Å². The van der Waals surface area contributed by atoms with E-state index >= 15 is 0 Å². The van der Waals surface area contributed by atoms with Gasteiger partial charge in [-0.25, -0.2) is 0 Å². The molecule has 20 heavy (non-hydrogen) atoms. The van der Waals surface area contributed by atoms with Crippen LogP contribution in [0.1, 0.15) is 49.4 Å². The molecule has 1 aliphatic carbocycles. The van der Waals surface area contributed by atoms with E-state index in [0.29, 0.717) is 12.6 Å². The molecule has 0 radical (unpaired) electrons. The van der Waals surface area contributed by atoms with Gasteiger partial charge in [-0.05, 0) is 31.5 Å². The smallest absolute Gasteiger partial charge is 0.180 e. The van der Waals surface area contributed by atoms with E-state index in [-0.39, 0.29) is 22.8 Å². The summed E-state index contributed by atoms with van der Waals surface area (Å²) in [6, 6.07) is 4.62. The number of nitrogens with zero attached hydrogens (tertiary/aromatic N) is 1. The summed E-state index contributed by atoms with van der Waals surface area (Å²) in [6.45, 7) is 3.24. The summed E-state index contributed by atoms with van der Waals surface area (Å²) in [5.41, 5.74) is 0.289. The van der Waals surface area contributed by atoms with Crippen LogP contribution in [-0.2, 0) is 0 Å². The van der Waals surface area contributed by atoms with Gasteiger partial charge in [0.2, 0.25) is 0 Å². The molecule has 0 aromatic heterocycles. The van der Waals surface area contributed by atoms with Crippen molar-refractivity contribution in [2.45, 2.75) is 45.1 Å². The maximum Gasteiger partial charge on any atom is 0.180 e. The van der Waals surface area contributed by atoms with E-state index in [1.807, 2.05) is 0 Å². The Labute approximate surface area is 120 Å². The fourth-order valence-corrected chi connectivity index (χ4v) is 2.97. The average molecular weight is 277 g/mol. The van der Waals surface area contributed by atoms with Crippen molar-refractivity contribution in [2.24, 2.45) is 0 Å². The highest BCUT2D eigenvalue weighted by Crippen LogP contribution is 2.25. The molecule has 4 nitrogen and oxygen atoms in total. The number of phenolic OH excluding ortho intramolecular Hbond substituents is 2. The fraction of sp³-hybridized carbons (Fsp3) is 0.562. The van der Waals surface area contributed by atoms with Gasteiger partial charge in [0, 0.05) is 12.1 Å². The van der Waals surface area contributed by atoms with Crippen molar-refractivity contribution in [1.29, 1.82) is 0 Å². The Balaban J connectivity index is 2.04. The van der Waals surface area contributed by atoms with Crippen LogP contribution in [0.3, 0.4) is 0 Å². The van der Waals surface area contributed by atoms with Crippen molar-refractivity contribution in [3.63, 3.8) is 0 Å². The highest BCUT2D eigenvalue weighted by Gasteiger charge is 2.23. The van der Waals surface area contributed by atoms with Crippen LogP contribution >= 0.6 is 0 Å². The number of hydrogen-bond donors (Lipinski definition) is 2. The normalized spacial score (nSPS) is 16.5. The Hall–Kier alpha value is -1.55. The van der Waals surface area contributed by atoms with Crippen LogP contribution in [-0.4, -0.2) is 40.0 Å². The molecule has 0 spiro atoms. The standard InChI is InChI=1S/C16H23NO3/c1-2-17(12-6-4-3-5-7-12)11-16(20)14-9-8-13(18)10-15(14)19/h8-10,12,18-19H,2-7,11H2,1H3. The van der Waals surface area contributed by atoms with Gasteiger partial charge >= 0.3 is 0 Å². The third-order valence-electron chi connectivity index (χ3n) is 4.13. The molecule has 0 aliphatic heterocycles. The first-order valence-corrected chi connectivity index (χ1v) is 7.41. The Kier molecular flexibility index (Phi) is 5.01. The molecule has 1 aromatic carbocycles. The summed E-state index contributed by atoms with van der Waals surface area (Å²) in [4.78, 5) is 14.5. The van der Waals surface area contributed by atoms with Gasteiger partial charge in [-0.15, -0.1) is 0 Å². The molecule has 0 heterocycles. The zero-order valence-electron chi connectivity index (χ0n) is 12.0. The molecular weight excluding hydrogens is 254 g/mol. The molecule has 1 aliphatic rings. The third kappa shape index (κ3) is 3.51. The number of carbonyl (C=O) groups is 1. The SMILES string of the molecule is CCN(CC(=O)c1ccc(O)cc1O)C1CCCCC1. The summed E-state index contributed by atoms with van der Waals surface area (Å²) in [5.74, 6) is -0.261. The zero-order chi connectivity index (χ0) is 14.5. The number of Topliss-reactive ketones (excluding diaryl/α,β-unsaturated/α-hetero) is 1. The van der Waals surface area contributed by atoms with Crippen molar-refractivity contribution >= 4 is 5.78 Å². The lowest BCUT2D eigenvalue weighted by atomic mass is 9.94. The highest BCUT2D eigenvalue weighted by molar-refractivity contribution is 6.00. The summed E-state index contributed by atoms with van der Waals surface area (Å²) in [6.07, 6.45) is 6.08. The quantitative estimate of drug-likeness (QED) is 0.812. The topological polar surface area (TPSA) is 60.8 Å². The van der Waals surface area contributed by atoms with Gasteiger partial charge in [0.1, 0.15) is 11.5 Å². The number of carbonyl (C=O) groups excluding carboxylic acids is 1. The number of benzene rings is 1. The first-order chi connectivity index (χ1) is 9.61. The minimum atomic E-state index is -0.144. The molecular formula is C16H23NO3. The monoisotopic (exact) mass is 277 g/mol. The van der Waals surface area contributed by atoms with Crippen LogP contribution in [0.15, 0.2) is 18.2 Å². The van der Waals surface area contributed by atoms with Gasteiger partial charge in [-0.3, -0.25) is 9.69 Å². The van der Waals surface area contributed by atoms with E-state index in [1.165, 1.54) is 37.5 Å². The number of rotatable bonds is 5. The van der Waals surface area contributed by atoms with Gasteiger partial charge in [0.15, 0.2) is 5.78 Å². The molecule has 1 aromatic rings. The Bertz CT molecular complexity index is 467. The van der Waals surface area contributed by atoms with Crippen molar-refractivity contribution in [3.8, 4) is 11.5 Å². The second-order valence-electron chi connectivity index (χ2n) is 5.48. The van der Waals surface area contributed by atoms with Crippen LogP contribution in [0, 0.1) is 0 Å². The summed E-state index contributed by atoms with van der Waals surface area (Å²) in [5, 5.41) is 19.0. The average Bonchev–Trinajstić information content (AvgIpc) is 2.45. The van der Waals surface area contributed by atoms with E-state index in [1.54, 1.807) is 0 Å². The lowest BCUT2D eigenvalue weighted by Gasteiger charge is -2.33. The van der Waals surface area contributed by atoms with E-state index in [9.17, 15) is 15.0 Å². The maximum atomic E-state index is 12.3. The van der Waals surface area contributed by atoms with Crippen LogP contribution in [0.2, 0.25) is 0 Å². The van der Waals surface area contributed by atoms with Crippen LogP contribution in [0.25, 0.3) is 0 Å². The van der Waals surface area contributed by atoms with Crippen LogP contribution in [0.4, 0.5) is 0 Å².